The van der Waals surface area contributed by atoms with Gasteiger partial charge < -0.3 is 14.7 Å². The van der Waals surface area contributed by atoms with Crippen LogP contribution >= 0.6 is 0 Å². The first-order valence-corrected chi connectivity index (χ1v) is 6.69. The van der Waals surface area contributed by atoms with Crippen LogP contribution in [0.2, 0.25) is 0 Å². The fourth-order valence-electron chi connectivity index (χ4n) is 2.46. The van der Waals surface area contributed by atoms with Crippen molar-refractivity contribution in [3.8, 4) is 0 Å². The van der Waals surface area contributed by atoms with Crippen LogP contribution in [0.3, 0.4) is 0 Å². The number of morpholine rings is 1. The smallest absolute Gasteiger partial charge is 0.323 e. The van der Waals surface area contributed by atoms with Crippen molar-refractivity contribution in [3.05, 3.63) is 0 Å². The molecule has 19 heavy (non-hydrogen) atoms. The summed E-state index contributed by atoms with van der Waals surface area (Å²) in [5, 5.41) is 9.30. The fraction of sp³-hybridized carbons (Fsp3) is 0.846. The van der Waals surface area contributed by atoms with Crippen LogP contribution in [-0.4, -0.2) is 71.2 Å². The zero-order valence-electron chi connectivity index (χ0n) is 12.2. The lowest BCUT2D eigenvalue weighted by molar-refractivity contribution is -0.155. The van der Waals surface area contributed by atoms with E-state index in [1.54, 1.807) is 30.6 Å². The second kappa shape index (κ2) is 6.34. The van der Waals surface area contributed by atoms with Crippen LogP contribution in [0.1, 0.15) is 27.7 Å². The molecule has 0 aromatic rings. The summed E-state index contributed by atoms with van der Waals surface area (Å²) >= 11 is 0. The third-order valence-electron chi connectivity index (χ3n) is 3.73. The van der Waals surface area contributed by atoms with Gasteiger partial charge in [0.2, 0.25) is 5.91 Å². The van der Waals surface area contributed by atoms with Crippen molar-refractivity contribution in [2.24, 2.45) is 0 Å². The first kappa shape index (κ1) is 15.9. The van der Waals surface area contributed by atoms with Gasteiger partial charge in [-0.25, -0.2) is 0 Å². The average Bonchev–Trinajstić information content (AvgIpc) is 2.39. The second-order valence-electron chi connectivity index (χ2n) is 5.26. The fourth-order valence-corrected chi connectivity index (χ4v) is 2.46. The Morgan fingerprint density at radius 2 is 1.89 bits per heavy atom. The summed E-state index contributed by atoms with van der Waals surface area (Å²) in [6.45, 7) is 9.66. The minimum Gasteiger partial charge on any atom is -0.480 e. The van der Waals surface area contributed by atoms with Crippen LogP contribution in [0.15, 0.2) is 0 Å². The summed E-state index contributed by atoms with van der Waals surface area (Å²) in [5.74, 6) is -0.949. The van der Waals surface area contributed by atoms with E-state index in [4.69, 9.17) is 4.74 Å². The standard InChI is InChI=1S/C13H24N2O4/c1-5-15(13(3,4)12(17)18)10(2)11(16)14-6-8-19-9-7-14/h10H,5-9H2,1-4H3,(H,17,18). The van der Waals surface area contributed by atoms with E-state index in [9.17, 15) is 14.7 Å². The lowest BCUT2D eigenvalue weighted by Crippen LogP contribution is -2.59. The molecule has 1 aliphatic rings. The number of hydrogen-bond acceptors (Lipinski definition) is 4. The molecule has 1 amide bonds. The number of aliphatic carboxylic acids is 1. The minimum atomic E-state index is -1.06. The van der Waals surface area contributed by atoms with Gasteiger partial charge in [-0.15, -0.1) is 0 Å². The topological polar surface area (TPSA) is 70.1 Å². The number of ether oxygens (including phenoxy) is 1. The Kier molecular flexibility index (Phi) is 5.31. The lowest BCUT2D eigenvalue weighted by Gasteiger charge is -2.40. The number of carboxylic acid groups (broad SMARTS) is 1. The highest BCUT2D eigenvalue weighted by atomic mass is 16.5. The van der Waals surface area contributed by atoms with Crippen LogP contribution in [0, 0.1) is 0 Å². The van der Waals surface area contributed by atoms with Crippen LogP contribution in [0.5, 0.6) is 0 Å². The maximum absolute atomic E-state index is 12.4. The molecule has 110 valence electrons. The first-order chi connectivity index (χ1) is 8.82. The predicted molar refractivity (Wildman–Crippen MR) is 71.0 cm³/mol. The zero-order chi connectivity index (χ0) is 14.6. The van der Waals surface area contributed by atoms with Gasteiger partial charge in [0.15, 0.2) is 0 Å². The molecule has 1 rings (SSSR count). The molecule has 6 nitrogen and oxygen atoms in total. The molecule has 1 saturated heterocycles. The Bertz CT molecular complexity index is 338. The molecule has 1 fully saturated rings. The van der Waals surface area contributed by atoms with Crippen molar-refractivity contribution in [2.45, 2.75) is 39.3 Å². The molecular formula is C13H24N2O4. The minimum absolute atomic E-state index is 0.0283. The van der Waals surface area contributed by atoms with Crippen molar-refractivity contribution < 1.29 is 19.4 Å². The molecule has 0 aliphatic carbocycles. The van der Waals surface area contributed by atoms with Crippen molar-refractivity contribution >= 4 is 11.9 Å². The summed E-state index contributed by atoms with van der Waals surface area (Å²) in [4.78, 5) is 27.2. The van der Waals surface area contributed by atoms with Gasteiger partial charge in [0, 0.05) is 13.1 Å². The number of hydrogen-bond donors (Lipinski definition) is 1. The van der Waals surface area contributed by atoms with Crippen LogP contribution < -0.4 is 0 Å². The summed E-state index contributed by atoms with van der Waals surface area (Å²) in [6.07, 6.45) is 0. The number of nitrogens with zero attached hydrogens (tertiary/aromatic N) is 2. The van der Waals surface area contributed by atoms with E-state index in [0.29, 0.717) is 32.8 Å². The molecule has 1 heterocycles. The largest absolute Gasteiger partial charge is 0.480 e. The van der Waals surface area contributed by atoms with Gasteiger partial charge in [0.1, 0.15) is 5.54 Å². The molecule has 0 bridgehead atoms. The van der Waals surface area contributed by atoms with Crippen LogP contribution in [0.4, 0.5) is 0 Å². The predicted octanol–water partition coefficient (Wildman–Crippen LogP) is 0.419. The Morgan fingerprint density at radius 1 is 1.37 bits per heavy atom. The summed E-state index contributed by atoms with van der Waals surface area (Å²) in [5.41, 5.74) is -1.06. The third kappa shape index (κ3) is 3.45. The van der Waals surface area contributed by atoms with E-state index in [1.165, 1.54) is 0 Å². The molecule has 0 saturated carbocycles. The van der Waals surface area contributed by atoms with Gasteiger partial charge in [0.05, 0.1) is 19.3 Å². The third-order valence-corrected chi connectivity index (χ3v) is 3.73. The SMILES string of the molecule is CCN(C(C)C(=O)N1CCOCC1)C(C)(C)C(=O)O. The molecule has 0 spiro atoms. The quantitative estimate of drug-likeness (QED) is 0.785. The molecule has 0 radical (unpaired) electrons. The van der Waals surface area contributed by atoms with Crippen molar-refractivity contribution in [2.75, 3.05) is 32.8 Å². The normalized spacial score (nSPS) is 18.5. The van der Waals surface area contributed by atoms with Crippen LogP contribution in [-0.2, 0) is 14.3 Å². The van der Waals surface area contributed by atoms with E-state index in [1.807, 2.05) is 6.92 Å². The number of rotatable bonds is 5. The lowest BCUT2D eigenvalue weighted by atomic mass is 10.00. The Hall–Kier alpha value is -1.14. The van der Waals surface area contributed by atoms with E-state index in [2.05, 4.69) is 0 Å². The van der Waals surface area contributed by atoms with Crippen LogP contribution in [0.25, 0.3) is 0 Å². The molecule has 0 aromatic carbocycles. The number of carbonyl (C=O) groups excluding carboxylic acids is 1. The molecule has 0 aromatic heterocycles. The van der Waals surface area contributed by atoms with Gasteiger partial charge in [-0.3, -0.25) is 14.5 Å². The summed E-state index contributed by atoms with van der Waals surface area (Å²) in [7, 11) is 0. The highest BCUT2D eigenvalue weighted by Crippen LogP contribution is 2.19. The van der Waals surface area contributed by atoms with Gasteiger partial charge in [0.25, 0.3) is 0 Å². The number of likely N-dealkylation sites (N-methyl/N-ethyl adjacent to an activating group) is 1. The highest BCUT2D eigenvalue weighted by Gasteiger charge is 2.39. The van der Waals surface area contributed by atoms with Gasteiger partial charge in [-0.2, -0.15) is 0 Å². The first-order valence-electron chi connectivity index (χ1n) is 6.69. The number of carboxylic acids is 1. The maximum atomic E-state index is 12.4. The molecule has 1 aliphatic heterocycles. The molecule has 1 unspecified atom stereocenters. The van der Waals surface area contributed by atoms with Crippen molar-refractivity contribution in [1.82, 2.24) is 9.80 Å². The molecular weight excluding hydrogens is 248 g/mol. The van der Waals surface area contributed by atoms with Gasteiger partial charge in [-0.05, 0) is 27.3 Å². The zero-order valence-corrected chi connectivity index (χ0v) is 12.2. The maximum Gasteiger partial charge on any atom is 0.323 e. The number of carbonyl (C=O) groups is 2. The molecule has 1 atom stereocenters. The molecule has 6 heteroatoms. The van der Waals surface area contributed by atoms with Crippen molar-refractivity contribution in [1.29, 1.82) is 0 Å². The Balaban J connectivity index is 2.80. The number of amides is 1. The van der Waals surface area contributed by atoms with Gasteiger partial charge >= 0.3 is 5.97 Å². The van der Waals surface area contributed by atoms with E-state index >= 15 is 0 Å². The van der Waals surface area contributed by atoms with Gasteiger partial charge in [-0.1, -0.05) is 6.92 Å². The summed E-state index contributed by atoms with van der Waals surface area (Å²) < 4.78 is 5.22. The van der Waals surface area contributed by atoms with E-state index in [0.717, 1.165) is 0 Å². The Labute approximate surface area is 114 Å². The average molecular weight is 272 g/mol. The van der Waals surface area contributed by atoms with E-state index < -0.39 is 17.6 Å². The second-order valence-corrected chi connectivity index (χ2v) is 5.26. The molecule has 1 N–H and O–H groups in total. The Morgan fingerprint density at radius 3 is 2.32 bits per heavy atom. The summed E-state index contributed by atoms with van der Waals surface area (Å²) in [6, 6.07) is -0.450. The highest BCUT2D eigenvalue weighted by molar-refractivity contribution is 5.84. The monoisotopic (exact) mass is 272 g/mol. The van der Waals surface area contributed by atoms with E-state index in [-0.39, 0.29) is 5.91 Å². The van der Waals surface area contributed by atoms with Crippen molar-refractivity contribution in [3.63, 3.8) is 0 Å².